The van der Waals surface area contributed by atoms with Crippen LogP contribution in [-0.2, 0) is 6.42 Å². The maximum absolute atomic E-state index is 4.09. The van der Waals surface area contributed by atoms with Crippen LogP contribution in [0.15, 0.2) is 11.7 Å². The molecular formula is C12H22N2S. The van der Waals surface area contributed by atoms with Crippen molar-refractivity contribution in [3.63, 3.8) is 0 Å². The maximum atomic E-state index is 4.09. The summed E-state index contributed by atoms with van der Waals surface area (Å²) in [7, 11) is 0. The molecule has 86 valence electrons. The van der Waals surface area contributed by atoms with Gasteiger partial charge in [-0.2, -0.15) is 0 Å². The summed E-state index contributed by atoms with van der Waals surface area (Å²) in [4.78, 5) is 5.51. The van der Waals surface area contributed by atoms with E-state index < -0.39 is 0 Å². The first kappa shape index (κ1) is 12.7. The van der Waals surface area contributed by atoms with Crippen molar-refractivity contribution >= 4 is 11.3 Å². The summed E-state index contributed by atoms with van der Waals surface area (Å²) in [6.07, 6.45) is 8.21. The molecule has 15 heavy (non-hydrogen) atoms. The number of rotatable bonds is 8. The summed E-state index contributed by atoms with van der Waals surface area (Å²) in [5, 5.41) is 3.59. The molecule has 0 aromatic carbocycles. The number of nitrogens with one attached hydrogen (secondary N) is 1. The van der Waals surface area contributed by atoms with Gasteiger partial charge in [0.05, 0.1) is 5.51 Å². The van der Waals surface area contributed by atoms with Crippen molar-refractivity contribution in [2.45, 2.75) is 52.0 Å². The van der Waals surface area contributed by atoms with Gasteiger partial charge in [0, 0.05) is 17.1 Å². The molecular weight excluding hydrogens is 204 g/mol. The zero-order valence-electron chi connectivity index (χ0n) is 9.83. The summed E-state index contributed by atoms with van der Waals surface area (Å²) in [5.41, 5.74) is 1.92. The molecule has 1 unspecified atom stereocenters. The quantitative estimate of drug-likeness (QED) is 0.736. The zero-order valence-corrected chi connectivity index (χ0v) is 10.6. The standard InChI is InChI=1S/C12H22N2S/c1-3-8-14-11(4-2)6-5-7-12-9-13-10-15-12/h9-11,14H,3-8H2,1-2H3. The molecule has 1 rings (SSSR count). The third-order valence-corrected chi connectivity index (χ3v) is 3.47. The number of hydrogen-bond donors (Lipinski definition) is 1. The van der Waals surface area contributed by atoms with Gasteiger partial charge in [0.15, 0.2) is 0 Å². The summed E-state index contributed by atoms with van der Waals surface area (Å²) in [5.74, 6) is 0. The van der Waals surface area contributed by atoms with Crippen LogP contribution in [0.3, 0.4) is 0 Å². The minimum Gasteiger partial charge on any atom is -0.314 e. The molecule has 1 aromatic heterocycles. The third-order valence-electron chi connectivity index (χ3n) is 2.64. The van der Waals surface area contributed by atoms with E-state index in [1.54, 1.807) is 11.3 Å². The van der Waals surface area contributed by atoms with E-state index in [9.17, 15) is 0 Å². The molecule has 1 N–H and O–H groups in total. The molecule has 0 bridgehead atoms. The van der Waals surface area contributed by atoms with Gasteiger partial charge in [-0.15, -0.1) is 11.3 Å². The molecule has 0 aliphatic heterocycles. The van der Waals surface area contributed by atoms with Crippen LogP contribution in [0.2, 0.25) is 0 Å². The second-order valence-electron chi connectivity index (χ2n) is 3.92. The van der Waals surface area contributed by atoms with E-state index in [1.807, 2.05) is 11.7 Å². The highest BCUT2D eigenvalue weighted by Crippen LogP contribution is 2.11. The van der Waals surface area contributed by atoms with Gasteiger partial charge in [-0.05, 0) is 38.6 Å². The van der Waals surface area contributed by atoms with Gasteiger partial charge in [-0.3, -0.25) is 4.98 Å². The van der Waals surface area contributed by atoms with Crippen molar-refractivity contribution in [3.05, 3.63) is 16.6 Å². The van der Waals surface area contributed by atoms with Gasteiger partial charge in [0.1, 0.15) is 0 Å². The molecule has 0 radical (unpaired) electrons. The Morgan fingerprint density at radius 1 is 1.47 bits per heavy atom. The van der Waals surface area contributed by atoms with E-state index in [0.29, 0.717) is 6.04 Å². The lowest BCUT2D eigenvalue weighted by atomic mass is 10.1. The number of aryl methyl sites for hydroxylation is 1. The fourth-order valence-electron chi connectivity index (χ4n) is 1.69. The molecule has 1 heterocycles. The van der Waals surface area contributed by atoms with Crippen LogP contribution in [0.25, 0.3) is 0 Å². The summed E-state index contributed by atoms with van der Waals surface area (Å²) in [6.45, 7) is 5.64. The highest BCUT2D eigenvalue weighted by Gasteiger charge is 2.04. The lowest BCUT2D eigenvalue weighted by molar-refractivity contribution is 0.456. The van der Waals surface area contributed by atoms with Gasteiger partial charge < -0.3 is 5.32 Å². The highest BCUT2D eigenvalue weighted by molar-refractivity contribution is 7.09. The number of aromatic nitrogens is 1. The largest absolute Gasteiger partial charge is 0.314 e. The number of thiazole rings is 1. The summed E-state index contributed by atoms with van der Waals surface area (Å²) in [6, 6.07) is 0.706. The third kappa shape index (κ3) is 5.28. The predicted octanol–water partition coefficient (Wildman–Crippen LogP) is 3.24. The van der Waals surface area contributed by atoms with Crippen molar-refractivity contribution in [1.82, 2.24) is 10.3 Å². The average molecular weight is 226 g/mol. The Hall–Kier alpha value is -0.410. The van der Waals surface area contributed by atoms with Crippen molar-refractivity contribution < 1.29 is 0 Å². The first-order valence-electron chi connectivity index (χ1n) is 5.97. The second kappa shape index (κ2) is 7.83. The van der Waals surface area contributed by atoms with Gasteiger partial charge in [0.25, 0.3) is 0 Å². The molecule has 0 fully saturated rings. The minimum absolute atomic E-state index is 0.706. The lowest BCUT2D eigenvalue weighted by Gasteiger charge is -2.15. The SMILES string of the molecule is CCCNC(CC)CCCc1cncs1. The van der Waals surface area contributed by atoms with E-state index in [4.69, 9.17) is 0 Å². The van der Waals surface area contributed by atoms with E-state index in [1.165, 1.54) is 37.0 Å². The summed E-state index contributed by atoms with van der Waals surface area (Å²) < 4.78 is 0. The van der Waals surface area contributed by atoms with E-state index in [2.05, 4.69) is 24.1 Å². The molecule has 0 saturated heterocycles. The van der Waals surface area contributed by atoms with Gasteiger partial charge in [-0.25, -0.2) is 0 Å². The Balaban J connectivity index is 2.11. The van der Waals surface area contributed by atoms with Gasteiger partial charge >= 0.3 is 0 Å². The lowest BCUT2D eigenvalue weighted by Crippen LogP contribution is -2.29. The molecule has 2 nitrogen and oxygen atoms in total. The molecule has 3 heteroatoms. The van der Waals surface area contributed by atoms with Crippen LogP contribution in [0.1, 0.15) is 44.4 Å². The number of nitrogens with zero attached hydrogens (tertiary/aromatic N) is 1. The molecule has 0 saturated carbocycles. The Bertz CT molecular complexity index is 234. The first-order chi connectivity index (χ1) is 7.36. The molecule has 1 aromatic rings. The van der Waals surface area contributed by atoms with Crippen molar-refractivity contribution in [1.29, 1.82) is 0 Å². The average Bonchev–Trinajstić information content (AvgIpc) is 2.76. The topological polar surface area (TPSA) is 24.9 Å². The molecule has 0 aliphatic rings. The van der Waals surface area contributed by atoms with Crippen molar-refractivity contribution in [2.24, 2.45) is 0 Å². The maximum Gasteiger partial charge on any atom is 0.0794 e. The van der Waals surface area contributed by atoms with E-state index in [-0.39, 0.29) is 0 Å². The van der Waals surface area contributed by atoms with E-state index in [0.717, 1.165) is 6.54 Å². The van der Waals surface area contributed by atoms with Crippen LogP contribution in [0.5, 0.6) is 0 Å². The first-order valence-corrected chi connectivity index (χ1v) is 6.85. The molecule has 0 spiro atoms. The van der Waals surface area contributed by atoms with Crippen molar-refractivity contribution in [2.75, 3.05) is 6.54 Å². The zero-order chi connectivity index (χ0) is 10.9. The van der Waals surface area contributed by atoms with Crippen LogP contribution in [0, 0.1) is 0 Å². The Kier molecular flexibility index (Phi) is 6.60. The summed E-state index contributed by atoms with van der Waals surface area (Å²) >= 11 is 1.77. The van der Waals surface area contributed by atoms with Gasteiger partial charge in [-0.1, -0.05) is 13.8 Å². The molecule has 0 aliphatic carbocycles. The van der Waals surface area contributed by atoms with E-state index >= 15 is 0 Å². The minimum atomic E-state index is 0.706. The fraction of sp³-hybridized carbons (Fsp3) is 0.750. The Morgan fingerprint density at radius 2 is 2.33 bits per heavy atom. The molecule has 1 atom stereocenters. The molecule has 0 amide bonds. The smallest absolute Gasteiger partial charge is 0.0794 e. The van der Waals surface area contributed by atoms with Crippen molar-refractivity contribution in [3.8, 4) is 0 Å². The highest BCUT2D eigenvalue weighted by atomic mass is 32.1. The van der Waals surface area contributed by atoms with Gasteiger partial charge in [0.2, 0.25) is 0 Å². The monoisotopic (exact) mass is 226 g/mol. The number of hydrogen-bond acceptors (Lipinski definition) is 3. The van der Waals surface area contributed by atoms with Crippen LogP contribution < -0.4 is 5.32 Å². The second-order valence-corrected chi connectivity index (χ2v) is 4.89. The Morgan fingerprint density at radius 3 is 2.93 bits per heavy atom. The van der Waals surface area contributed by atoms with Crippen LogP contribution >= 0.6 is 11.3 Å². The Labute approximate surface area is 97.1 Å². The van der Waals surface area contributed by atoms with Crippen LogP contribution in [-0.4, -0.2) is 17.6 Å². The predicted molar refractivity (Wildman–Crippen MR) is 67.4 cm³/mol. The normalized spacial score (nSPS) is 12.9. The fourth-order valence-corrected chi connectivity index (χ4v) is 2.33. The van der Waals surface area contributed by atoms with Crippen LogP contribution in [0.4, 0.5) is 0 Å².